The standard InChI is InChI=1S/C16H22N2O3/c1-11(2)18-9-13(8-15(18)19)16(20)17-14-7-5-4-6-12(14)10-21-3/h4-7,11,13H,8-10H2,1-3H3,(H,17,20)/t13-/m1/s1. The van der Waals surface area contributed by atoms with E-state index < -0.39 is 0 Å². The van der Waals surface area contributed by atoms with Gasteiger partial charge in [-0.2, -0.15) is 0 Å². The summed E-state index contributed by atoms with van der Waals surface area (Å²) in [5.41, 5.74) is 1.68. The molecule has 2 rings (SSSR count). The van der Waals surface area contributed by atoms with Crippen molar-refractivity contribution in [2.75, 3.05) is 19.0 Å². The molecule has 1 N–H and O–H groups in total. The predicted molar refractivity (Wildman–Crippen MR) is 80.7 cm³/mol. The zero-order chi connectivity index (χ0) is 15.4. The molecule has 1 aliphatic rings. The van der Waals surface area contributed by atoms with E-state index >= 15 is 0 Å². The summed E-state index contributed by atoms with van der Waals surface area (Å²) < 4.78 is 5.13. The Morgan fingerprint density at radius 3 is 2.76 bits per heavy atom. The quantitative estimate of drug-likeness (QED) is 0.902. The largest absolute Gasteiger partial charge is 0.380 e. The maximum Gasteiger partial charge on any atom is 0.229 e. The van der Waals surface area contributed by atoms with Crippen LogP contribution >= 0.6 is 0 Å². The molecule has 1 atom stereocenters. The normalized spacial score (nSPS) is 18.4. The molecule has 114 valence electrons. The van der Waals surface area contributed by atoms with Crippen molar-refractivity contribution in [2.45, 2.75) is 32.9 Å². The first-order chi connectivity index (χ1) is 10.0. The van der Waals surface area contributed by atoms with Crippen molar-refractivity contribution < 1.29 is 14.3 Å². The van der Waals surface area contributed by atoms with Crippen molar-refractivity contribution in [1.29, 1.82) is 0 Å². The molecule has 21 heavy (non-hydrogen) atoms. The van der Waals surface area contributed by atoms with E-state index in [1.807, 2.05) is 38.1 Å². The average molecular weight is 290 g/mol. The van der Waals surface area contributed by atoms with Gasteiger partial charge in [-0.25, -0.2) is 0 Å². The van der Waals surface area contributed by atoms with Crippen LogP contribution in [0.2, 0.25) is 0 Å². The number of hydrogen-bond donors (Lipinski definition) is 1. The molecular formula is C16H22N2O3. The molecule has 0 aromatic heterocycles. The Morgan fingerprint density at radius 1 is 1.43 bits per heavy atom. The lowest BCUT2D eigenvalue weighted by Crippen LogP contribution is -2.33. The van der Waals surface area contributed by atoms with Crippen LogP contribution in [0.25, 0.3) is 0 Å². The molecule has 0 unspecified atom stereocenters. The Kier molecular flexibility index (Phi) is 4.96. The van der Waals surface area contributed by atoms with Gasteiger partial charge in [0.2, 0.25) is 11.8 Å². The first-order valence-electron chi connectivity index (χ1n) is 7.20. The van der Waals surface area contributed by atoms with E-state index in [-0.39, 0.29) is 30.2 Å². The SMILES string of the molecule is COCc1ccccc1NC(=O)[C@@H]1CC(=O)N(C(C)C)C1. The van der Waals surface area contributed by atoms with Gasteiger partial charge in [-0.05, 0) is 19.9 Å². The minimum atomic E-state index is -0.282. The van der Waals surface area contributed by atoms with Gasteiger partial charge in [-0.3, -0.25) is 9.59 Å². The fourth-order valence-electron chi connectivity index (χ4n) is 2.56. The van der Waals surface area contributed by atoms with Gasteiger partial charge in [0.05, 0.1) is 12.5 Å². The number of benzene rings is 1. The fraction of sp³-hybridized carbons (Fsp3) is 0.500. The number of anilines is 1. The van der Waals surface area contributed by atoms with Gasteiger partial charge in [0.25, 0.3) is 0 Å². The van der Waals surface area contributed by atoms with E-state index in [1.165, 1.54) is 0 Å². The number of hydrogen-bond acceptors (Lipinski definition) is 3. The molecule has 1 aliphatic heterocycles. The maximum absolute atomic E-state index is 12.4. The number of ether oxygens (including phenoxy) is 1. The molecule has 0 aliphatic carbocycles. The van der Waals surface area contributed by atoms with Crippen molar-refractivity contribution in [3.8, 4) is 0 Å². The second kappa shape index (κ2) is 6.72. The van der Waals surface area contributed by atoms with Crippen LogP contribution in [0, 0.1) is 5.92 Å². The monoisotopic (exact) mass is 290 g/mol. The highest BCUT2D eigenvalue weighted by Gasteiger charge is 2.35. The van der Waals surface area contributed by atoms with Crippen molar-refractivity contribution in [2.24, 2.45) is 5.92 Å². The zero-order valence-electron chi connectivity index (χ0n) is 12.8. The highest BCUT2D eigenvalue weighted by Crippen LogP contribution is 2.23. The van der Waals surface area contributed by atoms with Crippen molar-refractivity contribution in [3.05, 3.63) is 29.8 Å². The van der Waals surface area contributed by atoms with E-state index in [0.717, 1.165) is 11.3 Å². The summed E-state index contributed by atoms with van der Waals surface area (Å²) in [4.78, 5) is 26.0. The van der Waals surface area contributed by atoms with Crippen LogP contribution in [0.15, 0.2) is 24.3 Å². The molecule has 1 fully saturated rings. The summed E-state index contributed by atoms with van der Waals surface area (Å²) in [6, 6.07) is 7.68. The number of amides is 2. The predicted octanol–water partition coefficient (Wildman–Crippen LogP) is 2.03. The van der Waals surface area contributed by atoms with E-state index in [0.29, 0.717) is 13.2 Å². The number of carbonyl (C=O) groups excluding carboxylic acids is 2. The van der Waals surface area contributed by atoms with Gasteiger partial charge in [0.1, 0.15) is 0 Å². The Labute approximate surface area is 125 Å². The van der Waals surface area contributed by atoms with Crippen LogP contribution in [-0.2, 0) is 20.9 Å². The van der Waals surface area contributed by atoms with Gasteiger partial charge in [0.15, 0.2) is 0 Å². The molecule has 1 heterocycles. The van der Waals surface area contributed by atoms with Crippen LogP contribution in [0.5, 0.6) is 0 Å². The van der Waals surface area contributed by atoms with Gasteiger partial charge < -0.3 is 15.0 Å². The molecule has 0 bridgehead atoms. The molecule has 0 radical (unpaired) electrons. The summed E-state index contributed by atoms with van der Waals surface area (Å²) in [6.07, 6.45) is 0.288. The summed E-state index contributed by atoms with van der Waals surface area (Å²) in [7, 11) is 1.62. The van der Waals surface area contributed by atoms with E-state index in [1.54, 1.807) is 12.0 Å². The Morgan fingerprint density at radius 2 is 2.14 bits per heavy atom. The number of nitrogens with zero attached hydrogens (tertiary/aromatic N) is 1. The molecule has 2 amide bonds. The van der Waals surface area contributed by atoms with Gasteiger partial charge in [0, 0.05) is 37.4 Å². The average Bonchev–Trinajstić information content (AvgIpc) is 2.83. The molecular weight excluding hydrogens is 268 g/mol. The second-order valence-electron chi connectivity index (χ2n) is 5.62. The van der Waals surface area contributed by atoms with Crippen LogP contribution in [-0.4, -0.2) is 36.4 Å². The Hall–Kier alpha value is -1.88. The fourth-order valence-corrected chi connectivity index (χ4v) is 2.56. The highest BCUT2D eigenvalue weighted by molar-refractivity contribution is 5.97. The lowest BCUT2D eigenvalue weighted by atomic mass is 10.1. The Balaban J connectivity index is 2.04. The highest BCUT2D eigenvalue weighted by atomic mass is 16.5. The first kappa shape index (κ1) is 15.5. The molecule has 5 nitrogen and oxygen atoms in total. The zero-order valence-corrected chi connectivity index (χ0v) is 12.8. The maximum atomic E-state index is 12.4. The number of rotatable bonds is 5. The molecule has 5 heteroatoms. The van der Waals surface area contributed by atoms with Crippen LogP contribution < -0.4 is 5.32 Å². The third-order valence-electron chi connectivity index (χ3n) is 3.73. The molecule has 0 saturated carbocycles. The van der Waals surface area contributed by atoms with Crippen molar-refractivity contribution >= 4 is 17.5 Å². The van der Waals surface area contributed by atoms with E-state index in [4.69, 9.17) is 4.74 Å². The first-order valence-corrected chi connectivity index (χ1v) is 7.20. The molecule has 0 spiro atoms. The van der Waals surface area contributed by atoms with Crippen molar-refractivity contribution in [1.82, 2.24) is 4.90 Å². The lowest BCUT2D eigenvalue weighted by molar-refractivity contribution is -0.129. The number of carbonyl (C=O) groups is 2. The van der Waals surface area contributed by atoms with Gasteiger partial charge >= 0.3 is 0 Å². The summed E-state index contributed by atoms with van der Waals surface area (Å²) in [6.45, 7) is 4.87. The third-order valence-corrected chi connectivity index (χ3v) is 3.73. The van der Waals surface area contributed by atoms with Crippen LogP contribution in [0.3, 0.4) is 0 Å². The topological polar surface area (TPSA) is 58.6 Å². The van der Waals surface area contributed by atoms with E-state index in [9.17, 15) is 9.59 Å². The van der Waals surface area contributed by atoms with Crippen LogP contribution in [0.4, 0.5) is 5.69 Å². The molecule has 1 aromatic rings. The molecule has 1 saturated heterocycles. The number of nitrogens with one attached hydrogen (secondary N) is 1. The number of methoxy groups -OCH3 is 1. The minimum Gasteiger partial charge on any atom is -0.380 e. The second-order valence-corrected chi connectivity index (χ2v) is 5.62. The van der Waals surface area contributed by atoms with Crippen LogP contribution in [0.1, 0.15) is 25.8 Å². The summed E-state index contributed by atoms with van der Waals surface area (Å²) in [5.74, 6) is -0.333. The van der Waals surface area contributed by atoms with E-state index in [2.05, 4.69) is 5.32 Å². The van der Waals surface area contributed by atoms with Crippen molar-refractivity contribution in [3.63, 3.8) is 0 Å². The summed E-state index contributed by atoms with van der Waals surface area (Å²) in [5, 5.41) is 2.92. The molecule has 1 aromatic carbocycles. The minimum absolute atomic E-state index is 0.0512. The summed E-state index contributed by atoms with van der Waals surface area (Å²) >= 11 is 0. The van der Waals surface area contributed by atoms with Gasteiger partial charge in [-0.15, -0.1) is 0 Å². The number of likely N-dealkylation sites (tertiary alicyclic amines) is 1. The smallest absolute Gasteiger partial charge is 0.229 e. The Bertz CT molecular complexity index is 528. The lowest BCUT2D eigenvalue weighted by Gasteiger charge is -2.20. The number of para-hydroxylation sites is 1. The third kappa shape index (κ3) is 3.61. The van der Waals surface area contributed by atoms with Gasteiger partial charge in [-0.1, -0.05) is 18.2 Å².